The lowest BCUT2D eigenvalue weighted by atomic mass is 9.98. The lowest BCUT2D eigenvalue weighted by molar-refractivity contribution is -0.131. The molecule has 1 heterocycles. The van der Waals surface area contributed by atoms with E-state index in [1.54, 1.807) is 13.8 Å². The fourth-order valence-corrected chi connectivity index (χ4v) is 2.17. The predicted octanol–water partition coefficient (Wildman–Crippen LogP) is 1.45. The Morgan fingerprint density at radius 3 is 2.53 bits per heavy atom. The number of hydrogen-bond donors (Lipinski definition) is 1. The summed E-state index contributed by atoms with van der Waals surface area (Å²) in [4.78, 5) is 25.0. The molecule has 1 aliphatic rings. The van der Waals surface area contributed by atoms with Crippen LogP contribution in [0.25, 0.3) is 0 Å². The van der Waals surface area contributed by atoms with Gasteiger partial charge in [0, 0.05) is 11.8 Å². The zero-order valence-electron chi connectivity index (χ0n) is 10.6. The van der Waals surface area contributed by atoms with E-state index in [0.29, 0.717) is 0 Å². The second-order valence-corrected chi connectivity index (χ2v) is 4.77. The molecule has 0 saturated carbocycles. The quantitative estimate of drug-likeness (QED) is 0.882. The van der Waals surface area contributed by atoms with E-state index in [1.165, 1.54) is 11.0 Å². The summed E-state index contributed by atoms with van der Waals surface area (Å²) in [6.07, 6.45) is 0. The number of halogens is 2. The predicted molar refractivity (Wildman–Crippen MR) is 65.5 cm³/mol. The number of hydrogen-bond acceptors (Lipinski definition) is 2. The van der Waals surface area contributed by atoms with E-state index in [9.17, 15) is 18.4 Å². The molecule has 2 rings (SSSR count). The van der Waals surface area contributed by atoms with E-state index in [4.69, 9.17) is 0 Å². The summed E-state index contributed by atoms with van der Waals surface area (Å²) < 4.78 is 26.2. The molecule has 1 aromatic carbocycles. The largest absolute Gasteiger partial charge is 0.345 e. The highest BCUT2D eigenvalue weighted by molar-refractivity contribution is 6.06. The summed E-state index contributed by atoms with van der Waals surface area (Å²) in [6.45, 7) is 3.44. The Morgan fingerprint density at radius 1 is 1.26 bits per heavy atom. The molecule has 1 atom stereocenters. The first kappa shape index (κ1) is 13.5. The zero-order valence-corrected chi connectivity index (χ0v) is 10.6. The van der Waals surface area contributed by atoms with Crippen molar-refractivity contribution >= 4 is 17.5 Å². The van der Waals surface area contributed by atoms with Crippen molar-refractivity contribution in [2.75, 3.05) is 11.4 Å². The monoisotopic (exact) mass is 268 g/mol. The van der Waals surface area contributed by atoms with Crippen LogP contribution in [0.15, 0.2) is 18.2 Å². The fourth-order valence-electron chi connectivity index (χ4n) is 2.17. The van der Waals surface area contributed by atoms with Crippen molar-refractivity contribution in [3.63, 3.8) is 0 Å². The van der Waals surface area contributed by atoms with Gasteiger partial charge in [0.2, 0.25) is 11.8 Å². The minimum Gasteiger partial charge on any atom is -0.345 e. The molecule has 6 heteroatoms. The summed E-state index contributed by atoms with van der Waals surface area (Å²) in [7, 11) is 0. The number of anilines is 1. The normalized spacial score (nSPS) is 19.8. The standard InChI is InChI=1S/C13H14F2N2O2/c1-7(2)12-13(19)16-6-11(18)17(12)8-3-4-9(14)10(15)5-8/h3-5,7,12H,6H2,1-2H3,(H,16,19). The van der Waals surface area contributed by atoms with Gasteiger partial charge in [-0.15, -0.1) is 0 Å². The molecule has 1 aliphatic heterocycles. The molecule has 1 saturated heterocycles. The molecule has 0 bridgehead atoms. The molecule has 0 spiro atoms. The van der Waals surface area contributed by atoms with Crippen LogP contribution in [-0.2, 0) is 9.59 Å². The lowest BCUT2D eigenvalue weighted by Crippen LogP contribution is -2.60. The number of rotatable bonds is 2. The Bertz CT molecular complexity index is 531. The van der Waals surface area contributed by atoms with E-state index >= 15 is 0 Å². The SMILES string of the molecule is CC(C)C1C(=O)NCC(=O)N1c1ccc(F)c(F)c1. The zero-order chi connectivity index (χ0) is 14.2. The van der Waals surface area contributed by atoms with E-state index in [2.05, 4.69) is 5.32 Å². The van der Waals surface area contributed by atoms with Crippen molar-refractivity contribution in [1.29, 1.82) is 0 Å². The second kappa shape index (κ2) is 4.95. The molecule has 0 aliphatic carbocycles. The molecule has 1 aromatic rings. The first-order chi connectivity index (χ1) is 8.91. The van der Waals surface area contributed by atoms with Gasteiger partial charge in [0.1, 0.15) is 6.04 Å². The Hall–Kier alpha value is -1.98. The maximum Gasteiger partial charge on any atom is 0.247 e. The number of nitrogens with one attached hydrogen (secondary N) is 1. The highest BCUT2D eigenvalue weighted by Gasteiger charge is 2.37. The topological polar surface area (TPSA) is 49.4 Å². The fraction of sp³-hybridized carbons (Fsp3) is 0.385. The van der Waals surface area contributed by atoms with Crippen LogP contribution in [-0.4, -0.2) is 24.4 Å². The van der Waals surface area contributed by atoms with Gasteiger partial charge in [-0.25, -0.2) is 8.78 Å². The molecule has 1 fully saturated rings. The van der Waals surface area contributed by atoms with E-state index < -0.39 is 17.7 Å². The van der Waals surface area contributed by atoms with Crippen LogP contribution >= 0.6 is 0 Å². The maximum atomic E-state index is 13.3. The van der Waals surface area contributed by atoms with Crippen LogP contribution < -0.4 is 10.2 Å². The van der Waals surface area contributed by atoms with Gasteiger partial charge in [-0.2, -0.15) is 0 Å². The van der Waals surface area contributed by atoms with Crippen molar-refractivity contribution in [2.45, 2.75) is 19.9 Å². The van der Waals surface area contributed by atoms with E-state index in [1.807, 2.05) is 0 Å². The Balaban J connectivity index is 2.45. The van der Waals surface area contributed by atoms with Crippen LogP contribution in [0.1, 0.15) is 13.8 Å². The van der Waals surface area contributed by atoms with Gasteiger partial charge >= 0.3 is 0 Å². The number of nitrogens with zero attached hydrogens (tertiary/aromatic N) is 1. The third-order valence-electron chi connectivity index (χ3n) is 3.04. The van der Waals surface area contributed by atoms with Crippen LogP contribution in [0.5, 0.6) is 0 Å². The molecule has 4 nitrogen and oxygen atoms in total. The number of piperazine rings is 1. The highest BCUT2D eigenvalue weighted by atomic mass is 19.2. The smallest absolute Gasteiger partial charge is 0.247 e. The maximum absolute atomic E-state index is 13.3. The molecule has 1 unspecified atom stereocenters. The first-order valence-corrected chi connectivity index (χ1v) is 5.96. The van der Waals surface area contributed by atoms with Crippen molar-refractivity contribution in [3.8, 4) is 0 Å². The van der Waals surface area contributed by atoms with Crippen molar-refractivity contribution in [2.24, 2.45) is 5.92 Å². The van der Waals surface area contributed by atoms with Crippen LogP contribution in [0, 0.1) is 17.6 Å². The third kappa shape index (κ3) is 2.43. The third-order valence-corrected chi connectivity index (χ3v) is 3.04. The summed E-state index contributed by atoms with van der Waals surface area (Å²) >= 11 is 0. The van der Waals surface area contributed by atoms with Crippen molar-refractivity contribution < 1.29 is 18.4 Å². The first-order valence-electron chi connectivity index (χ1n) is 5.96. The van der Waals surface area contributed by atoms with Crippen molar-refractivity contribution in [1.82, 2.24) is 5.32 Å². The number of carbonyl (C=O) groups is 2. The van der Waals surface area contributed by atoms with Gasteiger partial charge in [0.25, 0.3) is 0 Å². The Morgan fingerprint density at radius 2 is 1.95 bits per heavy atom. The van der Waals surface area contributed by atoms with Crippen molar-refractivity contribution in [3.05, 3.63) is 29.8 Å². The minimum absolute atomic E-state index is 0.138. The minimum atomic E-state index is -1.04. The van der Waals surface area contributed by atoms with E-state index in [0.717, 1.165) is 12.1 Å². The molecular weight excluding hydrogens is 254 g/mol. The van der Waals surface area contributed by atoms with Gasteiger partial charge in [-0.05, 0) is 18.1 Å². The van der Waals surface area contributed by atoms with Crippen LogP contribution in [0.2, 0.25) is 0 Å². The average molecular weight is 268 g/mol. The molecule has 19 heavy (non-hydrogen) atoms. The van der Waals surface area contributed by atoms with E-state index in [-0.39, 0.29) is 30.0 Å². The van der Waals surface area contributed by atoms with Gasteiger partial charge in [-0.3, -0.25) is 14.5 Å². The lowest BCUT2D eigenvalue weighted by Gasteiger charge is -2.37. The number of benzene rings is 1. The average Bonchev–Trinajstić information content (AvgIpc) is 2.35. The summed E-state index contributed by atoms with van der Waals surface area (Å²) in [5, 5.41) is 2.49. The molecule has 1 N–H and O–H groups in total. The van der Waals surface area contributed by atoms with Crippen LogP contribution in [0.3, 0.4) is 0 Å². The molecule has 0 radical (unpaired) electrons. The van der Waals surface area contributed by atoms with Gasteiger partial charge < -0.3 is 5.32 Å². The van der Waals surface area contributed by atoms with Gasteiger partial charge in [0.05, 0.1) is 6.54 Å². The molecular formula is C13H14F2N2O2. The summed E-state index contributed by atoms with van der Waals surface area (Å²) in [6, 6.07) is 2.46. The summed E-state index contributed by atoms with van der Waals surface area (Å²) in [5.41, 5.74) is 0.192. The van der Waals surface area contributed by atoms with Gasteiger partial charge in [0.15, 0.2) is 11.6 Å². The number of amides is 2. The molecule has 2 amide bonds. The Kier molecular flexibility index (Phi) is 3.50. The summed E-state index contributed by atoms with van der Waals surface area (Å²) in [5.74, 6) is -2.81. The van der Waals surface area contributed by atoms with Crippen LogP contribution in [0.4, 0.5) is 14.5 Å². The Labute approximate surface area is 109 Å². The second-order valence-electron chi connectivity index (χ2n) is 4.77. The van der Waals surface area contributed by atoms with Gasteiger partial charge in [-0.1, -0.05) is 13.8 Å². The molecule has 102 valence electrons. The molecule has 0 aromatic heterocycles. The highest BCUT2D eigenvalue weighted by Crippen LogP contribution is 2.25. The number of carbonyl (C=O) groups excluding carboxylic acids is 2.